The summed E-state index contributed by atoms with van der Waals surface area (Å²) in [7, 11) is 0. The summed E-state index contributed by atoms with van der Waals surface area (Å²) in [6.07, 6.45) is 8.71. The van der Waals surface area contributed by atoms with Crippen molar-refractivity contribution >= 4 is 5.91 Å². The first kappa shape index (κ1) is 15.2. The number of carbonyl (C=O) groups excluding carboxylic acids is 1. The van der Waals surface area contributed by atoms with E-state index in [9.17, 15) is 4.79 Å². The van der Waals surface area contributed by atoms with Gasteiger partial charge in [-0.3, -0.25) is 4.79 Å². The molecule has 0 aromatic heterocycles. The summed E-state index contributed by atoms with van der Waals surface area (Å²) in [6.45, 7) is 8.56. The van der Waals surface area contributed by atoms with Gasteiger partial charge in [-0.2, -0.15) is 0 Å². The van der Waals surface area contributed by atoms with E-state index < -0.39 is 0 Å². The minimum absolute atomic E-state index is 0.0764. The standard InChI is InChI=1S/C13H26N2O/c1-3-5-6-7-10-14-11-8-9-12-15-13(16)4-2/h4,14H,2-3,5-12H2,1H3,(H,15,16). The molecule has 0 spiro atoms. The van der Waals surface area contributed by atoms with E-state index in [-0.39, 0.29) is 5.91 Å². The van der Waals surface area contributed by atoms with E-state index in [1.165, 1.54) is 31.8 Å². The SMILES string of the molecule is C=CC(=O)NCCCCNCCCCCC. The van der Waals surface area contributed by atoms with E-state index in [0.717, 1.165) is 32.5 Å². The van der Waals surface area contributed by atoms with Gasteiger partial charge in [0.05, 0.1) is 0 Å². The summed E-state index contributed by atoms with van der Waals surface area (Å²) in [5.41, 5.74) is 0. The third-order valence-electron chi connectivity index (χ3n) is 2.47. The van der Waals surface area contributed by atoms with E-state index in [1.807, 2.05) is 0 Å². The van der Waals surface area contributed by atoms with Crippen molar-refractivity contribution in [2.24, 2.45) is 0 Å². The lowest BCUT2D eigenvalue weighted by Crippen LogP contribution is -2.23. The van der Waals surface area contributed by atoms with Crippen LogP contribution < -0.4 is 10.6 Å². The van der Waals surface area contributed by atoms with Gasteiger partial charge in [0.2, 0.25) is 5.91 Å². The third-order valence-corrected chi connectivity index (χ3v) is 2.47. The van der Waals surface area contributed by atoms with Crippen LogP contribution in [0.25, 0.3) is 0 Å². The van der Waals surface area contributed by atoms with Crippen molar-refractivity contribution in [2.45, 2.75) is 45.4 Å². The molecule has 0 rings (SSSR count). The van der Waals surface area contributed by atoms with E-state index in [1.54, 1.807) is 0 Å². The highest BCUT2D eigenvalue weighted by molar-refractivity contribution is 5.86. The molecule has 0 aliphatic heterocycles. The molecular weight excluding hydrogens is 200 g/mol. The molecule has 0 bridgehead atoms. The Hall–Kier alpha value is -0.830. The predicted octanol–water partition coefficient (Wildman–Crippen LogP) is 2.24. The van der Waals surface area contributed by atoms with Gasteiger partial charge in [-0.15, -0.1) is 0 Å². The molecule has 0 aromatic rings. The van der Waals surface area contributed by atoms with Gasteiger partial charge >= 0.3 is 0 Å². The lowest BCUT2D eigenvalue weighted by molar-refractivity contribution is -0.116. The van der Waals surface area contributed by atoms with Crippen LogP contribution in [0.15, 0.2) is 12.7 Å². The van der Waals surface area contributed by atoms with Crippen molar-refractivity contribution in [3.8, 4) is 0 Å². The van der Waals surface area contributed by atoms with Crippen molar-refractivity contribution < 1.29 is 4.79 Å². The zero-order valence-corrected chi connectivity index (χ0v) is 10.6. The van der Waals surface area contributed by atoms with E-state index in [2.05, 4.69) is 24.1 Å². The van der Waals surface area contributed by atoms with E-state index in [0.29, 0.717) is 0 Å². The quantitative estimate of drug-likeness (QED) is 0.419. The van der Waals surface area contributed by atoms with Crippen LogP contribution in [-0.4, -0.2) is 25.5 Å². The Morgan fingerprint density at radius 1 is 1.06 bits per heavy atom. The largest absolute Gasteiger partial charge is 0.353 e. The molecule has 0 aliphatic carbocycles. The van der Waals surface area contributed by atoms with Crippen molar-refractivity contribution in [3.63, 3.8) is 0 Å². The Morgan fingerprint density at radius 3 is 2.31 bits per heavy atom. The van der Waals surface area contributed by atoms with Crippen molar-refractivity contribution in [1.82, 2.24) is 10.6 Å². The molecule has 0 aromatic carbocycles. The summed E-state index contributed by atoms with van der Waals surface area (Å²) in [5.74, 6) is -0.0764. The number of hydrogen-bond acceptors (Lipinski definition) is 2. The Labute approximate surface area is 99.7 Å². The Bertz CT molecular complexity index is 181. The molecule has 0 saturated carbocycles. The first-order valence-corrected chi connectivity index (χ1v) is 6.42. The maximum Gasteiger partial charge on any atom is 0.243 e. The highest BCUT2D eigenvalue weighted by Crippen LogP contribution is 1.97. The number of unbranched alkanes of at least 4 members (excludes halogenated alkanes) is 4. The van der Waals surface area contributed by atoms with Crippen molar-refractivity contribution in [1.29, 1.82) is 0 Å². The fourth-order valence-corrected chi connectivity index (χ4v) is 1.46. The Kier molecular flexibility index (Phi) is 11.6. The number of rotatable bonds is 11. The average Bonchev–Trinajstić information content (AvgIpc) is 2.31. The molecule has 2 N–H and O–H groups in total. The zero-order valence-electron chi connectivity index (χ0n) is 10.6. The molecule has 0 heterocycles. The van der Waals surface area contributed by atoms with Crippen LogP contribution in [0.5, 0.6) is 0 Å². The molecule has 1 amide bonds. The second-order valence-corrected chi connectivity index (χ2v) is 4.01. The molecule has 0 aliphatic rings. The monoisotopic (exact) mass is 226 g/mol. The van der Waals surface area contributed by atoms with Crippen LogP contribution in [0, 0.1) is 0 Å². The highest BCUT2D eigenvalue weighted by Gasteiger charge is 1.93. The predicted molar refractivity (Wildman–Crippen MR) is 69.5 cm³/mol. The minimum atomic E-state index is -0.0764. The summed E-state index contributed by atoms with van der Waals surface area (Å²) in [4.78, 5) is 10.8. The summed E-state index contributed by atoms with van der Waals surface area (Å²) in [6, 6.07) is 0. The van der Waals surface area contributed by atoms with Crippen LogP contribution >= 0.6 is 0 Å². The third kappa shape index (κ3) is 11.2. The lowest BCUT2D eigenvalue weighted by Gasteiger charge is -2.05. The van der Waals surface area contributed by atoms with Crippen LogP contribution in [0.3, 0.4) is 0 Å². The van der Waals surface area contributed by atoms with Gasteiger partial charge in [0.1, 0.15) is 0 Å². The van der Waals surface area contributed by atoms with Gasteiger partial charge in [-0.25, -0.2) is 0 Å². The number of amides is 1. The zero-order chi connectivity index (χ0) is 12.1. The number of carbonyl (C=O) groups is 1. The minimum Gasteiger partial charge on any atom is -0.353 e. The van der Waals surface area contributed by atoms with Crippen LogP contribution in [0.4, 0.5) is 0 Å². The van der Waals surface area contributed by atoms with Gasteiger partial charge in [-0.05, 0) is 38.4 Å². The molecule has 94 valence electrons. The Balaban J connectivity index is 2.98. The molecular formula is C13H26N2O. The smallest absolute Gasteiger partial charge is 0.243 e. The van der Waals surface area contributed by atoms with Crippen molar-refractivity contribution in [3.05, 3.63) is 12.7 Å². The van der Waals surface area contributed by atoms with Gasteiger partial charge < -0.3 is 10.6 Å². The summed E-state index contributed by atoms with van der Waals surface area (Å²) < 4.78 is 0. The van der Waals surface area contributed by atoms with E-state index in [4.69, 9.17) is 0 Å². The maximum atomic E-state index is 10.8. The molecule has 3 heteroatoms. The Morgan fingerprint density at radius 2 is 1.69 bits per heavy atom. The van der Waals surface area contributed by atoms with Crippen LogP contribution in [0.2, 0.25) is 0 Å². The molecule has 16 heavy (non-hydrogen) atoms. The first-order valence-electron chi connectivity index (χ1n) is 6.42. The fraction of sp³-hybridized carbons (Fsp3) is 0.769. The first-order chi connectivity index (χ1) is 7.81. The summed E-state index contributed by atoms with van der Waals surface area (Å²) >= 11 is 0. The number of hydrogen-bond donors (Lipinski definition) is 2. The van der Waals surface area contributed by atoms with Gasteiger partial charge in [0, 0.05) is 6.54 Å². The topological polar surface area (TPSA) is 41.1 Å². The van der Waals surface area contributed by atoms with E-state index >= 15 is 0 Å². The molecule has 0 fully saturated rings. The lowest BCUT2D eigenvalue weighted by atomic mass is 10.2. The van der Waals surface area contributed by atoms with Gasteiger partial charge in [0.25, 0.3) is 0 Å². The van der Waals surface area contributed by atoms with Gasteiger partial charge in [0.15, 0.2) is 0 Å². The molecule has 0 unspecified atom stereocenters. The average molecular weight is 226 g/mol. The molecule has 3 nitrogen and oxygen atoms in total. The molecule has 0 saturated heterocycles. The summed E-state index contributed by atoms with van der Waals surface area (Å²) in [5, 5.41) is 6.18. The number of nitrogens with one attached hydrogen (secondary N) is 2. The van der Waals surface area contributed by atoms with Crippen LogP contribution in [0.1, 0.15) is 45.4 Å². The second kappa shape index (κ2) is 12.2. The fourth-order valence-electron chi connectivity index (χ4n) is 1.46. The maximum absolute atomic E-state index is 10.8. The van der Waals surface area contributed by atoms with Gasteiger partial charge in [-0.1, -0.05) is 32.8 Å². The highest BCUT2D eigenvalue weighted by atomic mass is 16.1. The second-order valence-electron chi connectivity index (χ2n) is 4.01. The normalized spacial score (nSPS) is 10.1. The van der Waals surface area contributed by atoms with Crippen LogP contribution in [-0.2, 0) is 4.79 Å². The molecule has 0 atom stereocenters. The van der Waals surface area contributed by atoms with Crippen molar-refractivity contribution in [2.75, 3.05) is 19.6 Å². The molecule has 0 radical (unpaired) electrons.